The summed E-state index contributed by atoms with van der Waals surface area (Å²) in [4.78, 5) is 35.3. The molecular weight excluding hydrogens is 362 g/mol. The van der Waals surface area contributed by atoms with Gasteiger partial charge in [0.1, 0.15) is 30.4 Å². The highest BCUT2D eigenvalue weighted by Crippen LogP contribution is 2.12. The van der Waals surface area contributed by atoms with Gasteiger partial charge in [-0.25, -0.2) is 13.6 Å². The van der Waals surface area contributed by atoms with Gasteiger partial charge in [0.2, 0.25) is 0 Å². The second-order valence-electron chi connectivity index (χ2n) is 7.48. The summed E-state index contributed by atoms with van der Waals surface area (Å²) in [6, 6.07) is 2.59. The highest BCUT2D eigenvalue weighted by Gasteiger charge is 2.25. The number of hydrogen-bond acceptors (Lipinski definition) is 5. The highest BCUT2D eigenvalue weighted by atomic mass is 19.1. The largest absolute Gasteiger partial charge is 0.462 e. The highest BCUT2D eigenvalue weighted by molar-refractivity contribution is 5.94. The van der Waals surface area contributed by atoms with Crippen LogP contribution in [0.2, 0.25) is 0 Å². The van der Waals surface area contributed by atoms with Crippen molar-refractivity contribution in [2.24, 2.45) is 0 Å². The van der Waals surface area contributed by atoms with Crippen LogP contribution in [0.15, 0.2) is 18.2 Å². The van der Waals surface area contributed by atoms with Crippen molar-refractivity contribution in [3.63, 3.8) is 0 Å². The van der Waals surface area contributed by atoms with Gasteiger partial charge in [0.15, 0.2) is 0 Å². The maximum Gasteiger partial charge on any atom is 0.408 e. The Morgan fingerprint density at radius 2 is 1.70 bits per heavy atom. The number of hydrogen-bond donors (Lipinski definition) is 2. The topological polar surface area (TPSA) is 93.7 Å². The van der Waals surface area contributed by atoms with Crippen molar-refractivity contribution < 1.29 is 32.6 Å². The van der Waals surface area contributed by atoms with Crippen molar-refractivity contribution in [1.82, 2.24) is 10.6 Å². The number of nitrogens with one attached hydrogen (secondary N) is 2. The lowest BCUT2D eigenvalue weighted by molar-refractivity contribution is -0.144. The number of alkyl carbamates (subject to hydrolysis) is 1. The summed E-state index contributed by atoms with van der Waals surface area (Å²) < 4.78 is 36.5. The molecular formula is C18H24F2N2O5. The van der Waals surface area contributed by atoms with Crippen LogP contribution in [-0.2, 0) is 14.3 Å². The molecule has 0 saturated heterocycles. The van der Waals surface area contributed by atoms with Gasteiger partial charge < -0.3 is 20.1 Å². The maximum absolute atomic E-state index is 13.6. The van der Waals surface area contributed by atoms with Crippen LogP contribution < -0.4 is 10.6 Å². The van der Waals surface area contributed by atoms with Crippen LogP contribution in [0.1, 0.15) is 45.0 Å². The third-order valence-electron chi connectivity index (χ3n) is 3.00. The molecule has 0 heterocycles. The van der Waals surface area contributed by atoms with Crippen molar-refractivity contribution in [1.29, 1.82) is 0 Å². The van der Waals surface area contributed by atoms with Crippen molar-refractivity contribution >= 4 is 18.0 Å². The molecule has 150 valence electrons. The quantitative estimate of drug-likeness (QED) is 0.733. The number of carbonyl (C=O) groups is 3. The second kappa shape index (κ2) is 8.79. The molecule has 1 aromatic rings. The Morgan fingerprint density at radius 3 is 2.26 bits per heavy atom. The fraction of sp³-hybridized carbons (Fsp3) is 0.500. The molecule has 0 aromatic heterocycles. The van der Waals surface area contributed by atoms with E-state index >= 15 is 0 Å². The smallest absolute Gasteiger partial charge is 0.408 e. The minimum atomic E-state index is -1.03. The van der Waals surface area contributed by atoms with E-state index < -0.39 is 47.3 Å². The molecule has 1 aromatic carbocycles. The Hall–Kier alpha value is -2.71. The predicted octanol–water partition coefficient (Wildman–Crippen LogP) is 2.54. The monoisotopic (exact) mass is 386 g/mol. The fourth-order valence-electron chi connectivity index (χ4n) is 1.85. The van der Waals surface area contributed by atoms with E-state index in [1.165, 1.54) is 0 Å². The van der Waals surface area contributed by atoms with Crippen LogP contribution in [-0.4, -0.2) is 42.3 Å². The molecule has 27 heavy (non-hydrogen) atoms. The summed E-state index contributed by atoms with van der Waals surface area (Å²) in [5, 5.41) is 4.74. The third kappa shape index (κ3) is 8.48. The zero-order valence-corrected chi connectivity index (χ0v) is 15.9. The van der Waals surface area contributed by atoms with E-state index in [0.29, 0.717) is 6.07 Å². The van der Waals surface area contributed by atoms with Crippen LogP contribution in [0.5, 0.6) is 0 Å². The number of amides is 2. The van der Waals surface area contributed by atoms with E-state index in [-0.39, 0.29) is 12.2 Å². The van der Waals surface area contributed by atoms with Gasteiger partial charge in [0, 0.05) is 6.07 Å². The second-order valence-corrected chi connectivity index (χ2v) is 7.48. The zero-order chi connectivity index (χ0) is 20.8. The first-order valence-electron chi connectivity index (χ1n) is 8.19. The minimum Gasteiger partial charge on any atom is -0.462 e. The standard InChI is InChI=1S/C18H24F2N2O5/c1-17(2,3)27-16(25)21-9-14(23)26-10-18(4,5)22-15(24)12-7-6-11(19)8-13(12)20/h6-8H,9-10H2,1-5H3,(H,21,25)(H,22,24). The summed E-state index contributed by atoms with van der Waals surface area (Å²) in [5.74, 6) is -3.31. The molecule has 0 aliphatic rings. The third-order valence-corrected chi connectivity index (χ3v) is 3.00. The number of esters is 1. The summed E-state index contributed by atoms with van der Waals surface area (Å²) in [5.41, 5.74) is -2.06. The Bertz CT molecular complexity index is 714. The molecule has 0 aliphatic heterocycles. The van der Waals surface area contributed by atoms with Gasteiger partial charge in [-0.1, -0.05) is 0 Å². The summed E-state index contributed by atoms with van der Waals surface area (Å²) in [6.07, 6.45) is -0.765. The van der Waals surface area contributed by atoms with Crippen LogP contribution in [0.4, 0.5) is 13.6 Å². The first-order valence-corrected chi connectivity index (χ1v) is 8.19. The number of rotatable bonds is 6. The van der Waals surface area contributed by atoms with Crippen LogP contribution >= 0.6 is 0 Å². The van der Waals surface area contributed by atoms with E-state index in [1.807, 2.05) is 0 Å². The molecule has 0 fully saturated rings. The van der Waals surface area contributed by atoms with E-state index in [1.54, 1.807) is 34.6 Å². The lowest BCUT2D eigenvalue weighted by Crippen LogP contribution is -2.48. The number of halogens is 2. The Morgan fingerprint density at radius 1 is 1.07 bits per heavy atom. The molecule has 0 saturated carbocycles. The van der Waals surface area contributed by atoms with Gasteiger partial charge in [-0.15, -0.1) is 0 Å². The minimum absolute atomic E-state index is 0.226. The fourth-order valence-corrected chi connectivity index (χ4v) is 1.85. The number of benzene rings is 1. The average molecular weight is 386 g/mol. The molecule has 0 atom stereocenters. The van der Waals surface area contributed by atoms with Gasteiger partial charge in [-0.05, 0) is 46.8 Å². The molecule has 0 unspecified atom stereocenters. The Balaban J connectivity index is 2.49. The lowest BCUT2D eigenvalue weighted by atomic mass is 10.1. The molecule has 2 N–H and O–H groups in total. The maximum atomic E-state index is 13.6. The van der Waals surface area contributed by atoms with Crippen LogP contribution in [0.3, 0.4) is 0 Å². The molecule has 0 spiro atoms. The van der Waals surface area contributed by atoms with Gasteiger partial charge in [0.25, 0.3) is 5.91 Å². The van der Waals surface area contributed by atoms with Crippen molar-refractivity contribution in [2.75, 3.05) is 13.2 Å². The Labute approximate surface area is 156 Å². The van der Waals surface area contributed by atoms with E-state index in [0.717, 1.165) is 12.1 Å². The van der Waals surface area contributed by atoms with Crippen molar-refractivity contribution in [3.05, 3.63) is 35.4 Å². The molecule has 0 radical (unpaired) electrons. The first kappa shape index (κ1) is 22.3. The van der Waals surface area contributed by atoms with Crippen LogP contribution in [0.25, 0.3) is 0 Å². The summed E-state index contributed by atoms with van der Waals surface area (Å²) in [7, 11) is 0. The summed E-state index contributed by atoms with van der Waals surface area (Å²) in [6.45, 7) is 7.52. The average Bonchev–Trinajstić information content (AvgIpc) is 2.48. The van der Waals surface area contributed by atoms with Crippen LogP contribution in [0, 0.1) is 11.6 Å². The Kier molecular flexibility index (Phi) is 7.27. The van der Waals surface area contributed by atoms with Crippen molar-refractivity contribution in [2.45, 2.75) is 45.8 Å². The molecule has 9 heteroatoms. The zero-order valence-electron chi connectivity index (χ0n) is 15.9. The lowest BCUT2D eigenvalue weighted by Gasteiger charge is -2.26. The van der Waals surface area contributed by atoms with Gasteiger partial charge >= 0.3 is 12.1 Å². The molecule has 0 aliphatic carbocycles. The van der Waals surface area contributed by atoms with Gasteiger partial charge in [0.05, 0.1) is 11.1 Å². The van der Waals surface area contributed by atoms with Crippen molar-refractivity contribution in [3.8, 4) is 0 Å². The molecule has 7 nitrogen and oxygen atoms in total. The summed E-state index contributed by atoms with van der Waals surface area (Å²) >= 11 is 0. The predicted molar refractivity (Wildman–Crippen MR) is 93.1 cm³/mol. The number of carbonyl (C=O) groups excluding carboxylic acids is 3. The molecule has 2 amide bonds. The number of ether oxygens (including phenoxy) is 2. The van der Waals surface area contributed by atoms with E-state index in [9.17, 15) is 23.2 Å². The van der Waals surface area contributed by atoms with E-state index in [2.05, 4.69) is 10.6 Å². The SMILES string of the molecule is CC(C)(COC(=O)CNC(=O)OC(C)(C)C)NC(=O)c1ccc(F)cc1F. The van der Waals surface area contributed by atoms with Gasteiger partial charge in [-0.3, -0.25) is 9.59 Å². The normalized spacial score (nSPS) is 11.5. The van der Waals surface area contributed by atoms with Gasteiger partial charge in [-0.2, -0.15) is 0 Å². The first-order chi connectivity index (χ1) is 12.3. The van der Waals surface area contributed by atoms with E-state index in [4.69, 9.17) is 9.47 Å². The molecule has 1 rings (SSSR count). The molecule has 0 bridgehead atoms.